The molecule has 0 unspecified atom stereocenters. The minimum atomic E-state index is -2.70. The number of hydrogen-bond donors (Lipinski definition) is 0. The second-order valence-corrected chi connectivity index (χ2v) is 30.6. The number of hydrogen-bond acceptors (Lipinski definition) is 24. The first-order valence-electron chi connectivity index (χ1n) is 64.6. The highest BCUT2D eigenvalue weighted by Gasteiger charge is 2.43. The number of aryl methyl sites for hydroxylation is 8. The summed E-state index contributed by atoms with van der Waals surface area (Å²) in [4.78, 5) is 126. The molecule has 8 aliphatic rings. The van der Waals surface area contributed by atoms with Crippen molar-refractivity contribution in [3.8, 4) is 0 Å². The first kappa shape index (κ1) is 54.2. The predicted octanol–water partition coefficient (Wildman–Crippen LogP) is 11.8. The van der Waals surface area contributed by atoms with Crippen LogP contribution < -0.4 is 0 Å². The lowest BCUT2D eigenvalue weighted by Crippen LogP contribution is -2.18. The Morgan fingerprint density at radius 1 is 0.289 bits per heavy atom. The summed E-state index contributed by atoms with van der Waals surface area (Å²) in [5.74, 6) is -25.7. The van der Waals surface area contributed by atoms with Crippen LogP contribution in [-0.4, -0.2) is 177 Å². The molecule has 8 fully saturated rings. The maximum Gasteiger partial charge on any atom is 0.309 e. The summed E-state index contributed by atoms with van der Waals surface area (Å²) in [7, 11) is 5.18. The topological polar surface area (TPSA) is 353 Å². The third-order valence-electron chi connectivity index (χ3n) is 22.7. The zero-order valence-corrected chi connectivity index (χ0v) is 75.2. The van der Waals surface area contributed by atoms with E-state index < -0.39 is 242 Å². The molecule has 32 heteroatoms. The zero-order valence-electron chi connectivity index (χ0n) is 121. The van der Waals surface area contributed by atoms with Crippen LogP contribution in [-0.2, 0) is 184 Å². The lowest BCUT2D eigenvalue weighted by atomic mass is 9.89. The van der Waals surface area contributed by atoms with Gasteiger partial charge in [-0.15, -0.1) is 0 Å². The monoisotopic (exact) mass is 1820 g/mol. The van der Waals surface area contributed by atoms with Crippen LogP contribution in [0.15, 0.2) is 49.4 Å². The van der Waals surface area contributed by atoms with Crippen molar-refractivity contribution in [2.45, 2.75) is 213 Å². The first-order chi connectivity index (χ1) is 78.6. The van der Waals surface area contributed by atoms with Crippen molar-refractivity contribution in [1.29, 1.82) is 0 Å². The second-order valence-electron chi connectivity index (χ2n) is 30.6. The van der Waals surface area contributed by atoms with E-state index in [4.69, 9.17) is 86.7 Å². The quantitative estimate of drug-likeness (QED) is 0.0400. The fourth-order valence-electron chi connectivity index (χ4n) is 14.4. The highest BCUT2D eigenvalue weighted by molar-refractivity contribution is 5.78. The molecule has 8 aromatic heterocycles. The molecule has 0 spiro atoms. The van der Waals surface area contributed by atoms with Gasteiger partial charge < -0.3 is 74.4 Å². The minimum absolute atomic E-state index is 0.000826. The number of cyclic esters (lactones) is 8. The van der Waals surface area contributed by atoms with Gasteiger partial charge in [0.2, 0.25) is 0 Å². The maximum absolute atomic E-state index is 12.1. The van der Waals surface area contributed by atoms with Crippen LogP contribution in [0.1, 0.15) is 262 Å². The maximum atomic E-state index is 12.1. The fraction of sp³-hybridized carbons (Fsp3) is 0.667. The smallest absolute Gasteiger partial charge is 0.309 e. The van der Waals surface area contributed by atoms with Gasteiger partial charge in [-0.05, 0) is 158 Å². The molecule has 8 saturated heterocycles. The number of carbonyl (C=O) groups is 8. The Morgan fingerprint density at radius 2 is 0.500 bits per heavy atom. The van der Waals surface area contributed by atoms with E-state index in [0.717, 1.165) is 36.7 Å². The highest BCUT2D eigenvalue weighted by atomic mass is 16.6. The molecule has 0 amide bonds. The van der Waals surface area contributed by atoms with Gasteiger partial charge in [-0.2, -0.15) is 0 Å². The van der Waals surface area contributed by atoms with Gasteiger partial charge in [-0.3, -0.25) is 38.4 Å². The van der Waals surface area contributed by atoms with Gasteiger partial charge in [0.25, 0.3) is 0 Å². The SMILES string of the molecule is [2H]c1nc(C)n(C([2H])([2H])[2H])c1C[C@@H]1[C@H](CC)C(=O)OC1([2H])[2H].[2H]c1nc(C)n(C([2H])([2H])[2H])c1C[C@@]1([2H])COC(=O)[C@@]1([2H])CC.[2H]c1nc(C)n(C([2H])([2H])[2H])c1C[C@@]1([2H])COC(=O)[C@H]1CC.[2H]c1nc(C)n(C([2H])([2H])[2H])c1C[C@H]1C([2H])([2H])OC(=O)[C@@]1([2H])C([2H])([2H])C.[2H]c1nc(C)n(C([2H])([2H])[2H])c1C[C@H]1C([2H])([2H])OC(=O)[C@@]1([2H])CC.[2H]c1nc(C)n(C)c1C[C@@H]1[C@H](CC)C(=O)OC1([2H])[2H].[2H]c1nc(C)n(C)c1C[C@H]1C([2H])([2H])OC(=O)[C@@]1([2H])C([2H])([2H])C.[2H]c1nc(C)n(C)c1C[C@H]1C([2H])([2H])OC(=O)[C@@]1([2H])CC. The Labute approximate surface area is 820 Å². The molecule has 0 aliphatic carbocycles. The van der Waals surface area contributed by atoms with E-state index in [2.05, 4.69) is 54.1 Å². The van der Waals surface area contributed by atoms with E-state index in [-0.39, 0.29) is 178 Å². The molecule has 0 radical (unpaired) electrons. The molecular formula is C96H144N16O16. The van der Waals surface area contributed by atoms with Crippen LogP contribution in [0.25, 0.3) is 0 Å². The van der Waals surface area contributed by atoms with Crippen molar-refractivity contribution in [1.82, 2.24) is 76.4 Å². The highest BCUT2D eigenvalue weighted by Crippen LogP contribution is 2.36. The van der Waals surface area contributed by atoms with Crippen molar-refractivity contribution < 1.29 is 139 Å². The van der Waals surface area contributed by atoms with Gasteiger partial charge in [-0.25, -0.2) is 39.9 Å². The molecule has 0 bridgehead atoms. The molecule has 8 aromatic rings. The summed E-state index contributed by atoms with van der Waals surface area (Å²) >= 11 is 0. The Morgan fingerprint density at radius 3 is 0.766 bits per heavy atom. The van der Waals surface area contributed by atoms with Crippen LogP contribution in [0.4, 0.5) is 0 Å². The number of carbonyl (C=O) groups excluding carboxylic acids is 8. The number of rotatable bonds is 24. The first-order valence-corrected chi connectivity index (χ1v) is 41.6. The van der Waals surface area contributed by atoms with Crippen LogP contribution in [0.3, 0.4) is 0 Å². The van der Waals surface area contributed by atoms with Gasteiger partial charge in [-0.1, -0.05) is 55.4 Å². The standard InChI is InChI=1S/8C12H18N2O2/c8*1-4-11-9(7-16-12(11)15)5-10-6-13-8(2)14(10)3/h8*6,9,11H,4-5,7H2,1-3H3/t8*9-,11-/m00000000/s1/i3D3,4D2,6D,7D2,11D;4D2,6D,7D2,11D;3D3,6D,9D,11D;3D3,6D,7D2,11D;6D,7D2,11D;3D3,6D,9D;3D3,6D,7D2;6D,7D2. The van der Waals surface area contributed by atoms with E-state index >= 15 is 0 Å². The second kappa shape index (κ2) is 47.1. The Hall–Kier alpha value is -10.6. The van der Waals surface area contributed by atoms with Crippen molar-refractivity contribution in [3.63, 3.8) is 0 Å². The Kier molecular flexibility index (Phi) is 19.9. The predicted molar refractivity (Wildman–Crippen MR) is 479 cm³/mol. The number of esters is 8. The van der Waals surface area contributed by atoms with Crippen molar-refractivity contribution in [2.24, 2.45) is 151 Å². The molecule has 128 heavy (non-hydrogen) atoms. The lowest BCUT2D eigenvalue weighted by Gasteiger charge is -2.13. The molecule has 0 saturated carbocycles. The van der Waals surface area contributed by atoms with Crippen molar-refractivity contribution >= 4 is 47.8 Å². The van der Waals surface area contributed by atoms with Crippen LogP contribution in [0.5, 0.6) is 0 Å². The molecule has 0 aromatic carbocycles. The van der Waals surface area contributed by atoms with E-state index in [1.54, 1.807) is 90.2 Å². The Balaban J connectivity index is 0.000000218. The summed E-state index contributed by atoms with van der Waals surface area (Å²) in [6.07, 6.45) is -5.44. The molecule has 16 atom stereocenters. The van der Waals surface area contributed by atoms with Crippen LogP contribution >= 0.6 is 0 Å². The molecule has 16 heterocycles. The normalized spacial score (nSPS) is 37.2. The largest absolute Gasteiger partial charge is 0.465 e. The van der Waals surface area contributed by atoms with Gasteiger partial charge in [0.05, 0.1) is 127 Å². The number of ether oxygens (including phenoxy) is 8. The number of imidazole rings is 8. The van der Waals surface area contributed by atoms with Crippen molar-refractivity contribution in [3.05, 3.63) is 142 Å². The zero-order chi connectivity index (χ0) is 134. The van der Waals surface area contributed by atoms with Crippen LogP contribution in [0.2, 0.25) is 0 Å². The summed E-state index contributed by atoms with van der Waals surface area (Å²) in [5.41, 5.74) is 1.54. The number of aromatic nitrogens is 16. The van der Waals surface area contributed by atoms with Crippen LogP contribution in [0, 0.1) is 150 Å². The fourth-order valence-corrected chi connectivity index (χ4v) is 14.4. The van der Waals surface area contributed by atoms with Crippen molar-refractivity contribution in [2.75, 3.05) is 52.6 Å². The molecule has 16 rings (SSSR count). The molecule has 8 aliphatic heterocycles. The third-order valence-corrected chi connectivity index (χ3v) is 22.7. The summed E-state index contributed by atoms with van der Waals surface area (Å²) in [6, 6.07) is 0. The van der Waals surface area contributed by atoms with Gasteiger partial charge >= 0.3 is 47.8 Å². The molecular weight excluding hydrogens is 1630 g/mol. The molecule has 32 nitrogen and oxygen atoms in total. The molecule has 704 valence electrons. The summed E-state index contributed by atoms with van der Waals surface area (Å²) in [6.45, 7) is -2.37. The average molecular weight is 1820 g/mol. The third kappa shape index (κ3) is 25.1. The average Bonchev–Trinajstić information content (AvgIpc) is 1.57. The number of nitrogens with zero attached hydrogens (tertiary/aromatic N) is 16. The summed E-state index contributed by atoms with van der Waals surface area (Å²) in [5, 5.41) is 0. The van der Waals surface area contributed by atoms with E-state index in [0.29, 0.717) is 53.8 Å². The minimum Gasteiger partial charge on any atom is -0.465 e. The van der Waals surface area contributed by atoms with E-state index in [1.807, 2.05) is 6.92 Å². The van der Waals surface area contributed by atoms with Gasteiger partial charge in [0.15, 0.2) is 0 Å². The lowest BCUT2D eigenvalue weighted by molar-refractivity contribution is -0.142. The van der Waals surface area contributed by atoms with Gasteiger partial charge in [0, 0.05) is 234 Å². The van der Waals surface area contributed by atoms with Gasteiger partial charge in [0.1, 0.15) is 46.6 Å². The van der Waals surface area contributed by atoms with E-state index in [9.17, 15) is 38.4 Å². The summed E-state index contributed by atoms with van der Waals surface area (Å²) < 4.78 is 407. The van der Waals surface area contributed by atoms with E-state index in [1.165, 1.54) is 34.6 Å². The molecule has 0 N–H and O–H groups in total. The Bertz CT molecular complexity index is 7340.